The number of anilines is 1. The number of benzene rings is 1. The lowest BCUT2D eigenvalue weighted by Gasteiger charge is -2.21. The van der Waals surface area contributed by atoms with Gasteiger partial charge in [0.2, 0.25) is 5.91 Å². The molecule has 3 rings (SSSR count). The first kappa shape index (κ1) is 12.8. The first-order valence-corrected chi connectivity index (χ1v) is 6.79. The van der Waals surface area contributed by atoms with E-state index in [0.29, 0.717) is 0 Å². The number of hydrogen-bond acceptors (Lipinski definition) is 4. The maximum atomic E-state index is 12.1. The summed E-state index contributed by atoms with van der Waals surface area (Å²) in [5.41, 5.74) is 1.73. The van der Waals surface area contributed by atoms with Gasteiger partial charge in [-0.1, -0.05) is 0 Å². The Labute approximate surface area is 117 Å². The van der Waals surface area contributed by atoms with Crippen molar-refractivity contribution in [3.05, 3.63) is 36.9 Å². The van der Waals surface area contributed by atoms with Crippen LogP contribution in [0, 0.1) is 5.92 Å². The first-order chi connectivity index (χ1) is 9.83. The zero-order chi connectivity index (χ0) is 13.8. The van der Waals surface area contributed by atoms with Gasteiger partial charge in [-0.25, -0.2) is 9.67 Å². The molecule has 0 bridgehead atoms. The smallest absolute Gasteiger partial charge is 0.228 e. The molecule has 2 aromatic rings. The van der Waals surface area contributed by atoms with Crippen molar-refractivity contribution in [2.75, 3.05) is 18.4 Å². The predicted molar refractivity (Wildman–Crippen MR) is 75.6 cm³/mol. The lowest BCUT2D eigenvalue weighted by molar-refractivity contribution is -0.120. The topological polar surface area (TPSA) is 71.8 Å². The van der Waals surface area contributed by atoms with Gasteiger partial charge >= 0.3 is 0 Å². The van der Waals surface area contributed by atoms with E-state index in [9.17, 15) is 4.79 Å². The molecule has 1 atom stereocenters. The molecule has 0 saturated carbocycles. The number of piperidine rings is 1. The summed E-state index contributed by atoms with van der Waals surface area (Å²) in [6.07, 6.45) is 5.15. The SMILES string of the molecule is O=C(Nc1ccc(-n2cncn2)cc1)C1CCCNC1. The second-order valence-corrected chi connectivity index (χ2v) is 4.92. The molecule has 0 radical (unpaired) electrons. The van der Waals surface area contributed by atoms with Gasteiger partial charge in [0, 0.05) is 12.2 Å². The second kappa shape index (κ2) is 5.83. The van der Waals surface area contributed by atoms with Crippen LogP contribution in [0.2, 0.25) is 0 Å². The van der Waals surface area contributed by atoms with E-state index in [-0.39, 0.29) is 11.8 Å². The van der Waals surface area contributed by atoms with Gasteiger partial charge in [-0.2, -0.15) is 5.10 Å². The van der Waals surface area contributed by atoms with Crippen molar-refractivity contribution in [1.29, 1.82) is 0 Å². The summed E-state index contributed by atoms with van der Waals surface area (Å²) >= 11 is 0. The van der Waals surface area contributed by atoms with Gasteiger partial charge in [0.1, 0.15) is 12.7 Å². The molecule has 1 unspecified atom stereocenters. The van der Waals surface area contributed by atoms with E-state index in [1.165, 1.54) is 6.33 Å². The Bertz CT molecular complexity index is 558. The fraction of sp³-hybridized carbons (Fsp3) is 0.357. The molecule has 0 spiro atoms. The number of amides is 1. The molecule has 20 heavy (non-hydrogen) atoms. The Hall–Kier alpha value is -2.21. The Morgan fingerprint density at radius 2 is 2.20 bits per heavy atom. The van der Waals surface area contributed by atoms with E-state index in [1.54, 1.807) is 11.0 Å². The van der Waals surface area contributed by atoms with Crippen LogP contribution in [0.5, 0.6) is 0 Å². The van der Waals surface area contributed by atoms with Gasteiger partial charge < -0.3 is 10.6 Å². The first-order valence-electron chi connectivity index (χ1n) is 6.79. The number of nitrogens with one attached hydrogen (secondary N) is 2. The van der Waals surface area contributed by atoms with Gasteiger partial charge in [-0.3, -0.25) is 4.79 Å². The highest BCUT2D eigenvalue weighted by molar-refractivity contribution is 5.92. The Kier molecular flexibility index (Phi) is 3.73. The largest absolute Gasteiger partial charge is 0.326 e. The highest BCUT2D eigenvalue weighted by atomic mass is 16.1. The van der Waals surface area contributed by atoms with Crippen LogP contribution in [0.25, 0.3) is 5.69 Å². The normalized spacial score (nSPS) is 18.7. The lowest BCUT2D eigenvalue weighted by atomic mass is 9.99. The van der Waals surface area contributed by atoms with Crippen LogP contribution in [0.3, 0.4) is 0 Å². The minimum atomic E-state index is 0.0683. The molecule has 1 fully saturated rings. The van der Waals surface area contributed by atoms with Crippen molar-refractivity contribution in [3.63, 3.8) is 0 Å². The van der Waals surface area contributed by atoms with Gasteiger partial charge in [-0.15, -0.1) is 0 Å². The number of carbonyl (C=O) groups excluding carboxylic acids is 1. The molecule has 6 heteroatoms. The molecule has 2 heterocycles. The van der Waals surface area contributed by atoms with E-state index in [0.717, 1.165) is 37.3 Å². The Morgan fingerprint density at radius 1 is 1.35 bits per heavy atom. The third kappa shape index (κ3) is 2.85. The molecule has 2 N–H and O–H groups in total. The van der Waals surface area contributed by atoms with E-state index in [2.05, 4.69) is 20.7 Å². The van der Waals surface area contributed by atoms with Gasteiger partial charge in [-0.05, 0) is 43.7 Å². The van der Waals surface area contributed by atoms with Crippen LogP contribution in [0.1, 0.15) is 12.8 Å². The quantitative estimate of drug-likeness (QED) is 0.880. The van der Waals surface area contributed by atoms with Crippen molar-refractivity contribution in [2.45, 2.75) is 12.8 Å². The second-order valence-electron chi connectivity index (χ2n) is 4.92. The van der Waals surface area contributed by atoms with Crippen molar-refractivity contribution in [3.8, 4) is 5.69 Å². The van der Waals surface area contributed by atoms with Crippen molar-refractivity contribution in [2.24, 2.45) is 5.92 Å². The monoisotopic (exact) mass is 271 g/mol. The minimum absolute atomic E-state index is 0.0683. The molecule has 1 aromatic carbocycles. The summed E-state index contributed by atoms with van der Waals surface area (Å²) in [5.74, 6) is 0.157. The Balaban J connectivity index is 1.64. The molecular formula is C14H17N5O. The summed E-state index contributed by atoms with van der Waals surface area (Å²) in [6.45, 7) is 1.78. The summed E-state index contributed by atoms with van der Waals surface area (Å²) in [4.78, 5) is 16.0. The molecule has 0 aliphatic carbocycles. The van der Waals surface area contributed by atoms with E-state index >= 15 is 0 Å². The molecule has 1 saturated heterocycles. The molecule has 6 nitrogen and oxygen atoms in total. The average Bonchev–Trinajstić information content (AvgIpc) is 3.03. The highest BCUT2D eigenvalue weighted by Crippen LogP contribution is 2.16. The zero-order valence-corrected chi connectivity index (χ0v) is 11.1. The third-order valence-corrected chi connectivity index (χ3v) is 3.49. The summed E-state index contributed by atoms with van der Waals surface area (Å²) in [6, 6.07) is 7.57. The van der Waals surface area contributed by atoms with Crippen LogP contribution in [0.4, 0.5) is 5.69 Å². The standard InChI is InChI=1S/C14H17N5O/c20-14(11-2-1-7-15-8-11)18-12-3-5-13(6-4-12)19-10-16-9-17-19/h3-6,9-11,15H,1-2,7-8H2,(H,18,20). The summed E-state index contributed by atoms with van der Waals surface area (Å²) < 4.78 is 1.68. The van der Waals surface area contributed by atoms with Crippen LogP contribution in [-0.4, -0.2) is 33.8 Å². The van der Waals surface area contributed by atoms with Crippen molar-refractivity contribution < 1.29 is 4.79 Å². The third-order valence-electron chi connectivity index (χ3n) is 3.49. The summed E-state index contributed by atoms with van der Waals surface area (Å²) in [7, 11) is 0. The van der Waals surface area contributed by atoms with E-state index < -0.39 is 0 Å². The molecule has 1 amide bonds. The number of aromatic nitrogens is 3. The maximum Gasteiger partial charge on any atom is 0.228 e. The Morgan fingerprint density at radius 3 is 2.85 bits per heavy atom. The number of rotatable bonds is 3. The highest BCUT2D eigenvalue weighted by Gasteiger charge is 2.20. The molecule has 104 valence electrons. The fourth-order valence-corrected chi connectivity index (χ4v) is 2.36. The molecular weight excluding hydrogens is 254 g/mol. The molecule has 1 aliphatic rings. The van der Waals surface area contributed by atoms with E-state index in [1.807, 2.05) is 24.3 Å². The van der Waals surface area contributed by atoms with Gasteiger partial charge in [0.25, 0.3) is 0 Å². The number of nitrogens with zero attached hydrogens (tertiary/aromatic N) is 3. The van der Waals surface area contributed by atoms with Crippen molar-refractivity contribution >= 4 is 11.6 Å². The maximum absolute atomic E-state index is 12.1. The molecule has 1 aliphatic heterocycles. The lowest BCUT2D eigenvalue weighted by Crippen LogP contribution is -2.37. The van der Waals surface area contributed by atoms with Crippen LogP contribution in [-0.2, 0) is 4.79 Å². The number of carbonyl (C=O) groups is 1. The van der Waals surface area contributed by atoms with Crippen LogP contribution < -0.4 is 10.6 Å². The molecule has 1 aromatic heterocycles. The fourth-order valence-electron chi connectivity index (χ4n) is 2.36. The summed E-state index contributed by atoms with van der Waals surface area (Å²) in [5, 5.41) is 10.3. The van der Waals surface area contributed by atoms with Crippen LogP contribution in [0.15, 0.2) is 36.9 Å². The average molecular weight is 271 g/mol. The zero-order valence-electron chi connectivity index (χ0n) is 11.1. The van der Waals surface area contributed by atoms with Crippen molar-refractivity contribution in [1.82, 2.24) is 20.1 Å². The van der Waals surface area contributed by atoms with Gasteiger partial charge in [0.05, 0.1) is 11.6 Å². The number of hydrogen-bond donors (Lipinski definition) is 2. The minimum Gasteiger partial charge on any atom is -0.326 e. The van der Waals surface area contributed by atoms with Crippen LogP contribution >= 0.6 is 0 Å². The predicted octanol–water partition coefficient (Wildman–Crippen LogP) is 1.21. The van der Waals surface area contributed by atoms with Gasteiger partial charge in [0.15, 0.2) is 0 Å². The van der Waals surface area contributed by atoms with E-state index in [4.69, 9.17) is 0 Å².